The summed E-state index contributed by atoms with van der Waals surface area (Å²) >= 11 is 5.92. The summed E-state index contributed by atoms with van der Waals surface area (Å²) in [7, 11) is 0. The van der Waals surface area contributed by atoms with Crippen molar-refractivity contribution in [2.45, 2.75) is 19.0 Å². The summed E-state index contributed by atoms with van der Waals surface area (Å²) in [5.74, 6) is 1.55. The third-order valence-corrected chi connectivity index (χ3v) is 4.22. The molecule has 23 heavy (non-hydrogen) atoms. The fraction of sp³-hybridized carbons (Fsp3) is 0.333. The second kappa shape index (κ2) is 7.21. The van der Waals surface area contributed by atoms with Crippen LogP contribution in [0.1, 0.15) is 30.1 Å². The fourth-order valence-electron chi connectivity index (χ4n) is 2.68. The van der Waals surface area contributed by atoms with Crippen LogP contribution in [0.25, 0.3) is 0 Å². The van der Waals surface area contributed by atoms with Crippen molar-refractivity contribution in [2.75, 3.05) is 19.8 Å². The normalized spacial score (nSPS) is 16.0. The Morgan fingerprint density at radius 3 is 2.39 bits per heavy atom. The van der Waals surface area contributed by atoms with Gasteiger partial charge in [-0.2, -0.15) is 0 Å². The maximum atomic E-state index is 9.70. The highest BCUT2D eigenvalue weighted by atomic mass is 35.5. The molecule has 2 aromatic rings. The Bertz CT molecular complexity index is 660. The molecule has 5 heteroatoms. The van der Waals surface area contributed by atoms with Gasteiger partial charge in [-0.1, -0.05) is 29.8 Å². The molecule has 0 amide bonds. The van der Waals surface area contributed by atoms with Crippen LogP contribution in [0.5, 0.6) is 11.5 Å². The van der Waals surface area contributed by atoms with Gasteiger partial charge < -0.3 is 19.9 Å². The SMILES string of the molecule is CC(NC(CO)c1ccc(Cl)cc1)c1ccc2c(c1)OCCO2. The van der Waals surface area contributed by atoms with Crippen LogP contribution < -0.4 is 14.8 Å². The highest BCUT2D eigenvalue weighted by Crippen LogP contribution is 2.33. The number of rotatable bonds is 5. The highest BCUT2D eigenvalue weighted by molar-refractivity contribution is 6.30. The lowest BCUT2D eigenvalue weighted by molar-refractivity contribution is 0.171. The molecule has 0 aromatic heterocycles. The molecule has 2 unspecified atom stereocenters. The van der Waals surface area contributed by atoms with E-state index in [-0.39, 0.29) is 18.7 Å². The summed E-state index contributed by atoms with van der Waals surface area (Å²) in [4.78, 5) is 0. The molecular formula is C18H20ClNO3. The van der Waals surface area contributed by atoms with E-state index in [1.165, 1.54) is 0 Å². The van der Waals surface area contributed by atoms with Crippen LogP contribution in [-0.4, -0.2) is 24.9 Å². The predicted molar refractivity (Wildman–Crippen MR) is 90.3 cm³/mol. The Kier molecular flexibility index (Phi) is 5.06. The van der Waals surface area contributed by atoms with Crippen molar-refractivity contribution in [3.05, 3.63) is 58.6 Å². The molecule has 0 saturated carbocycles. The van der Waals surface area contributed by atoms with E-state index in [1.807, 2.05) is 42.5 Å². The van der Waals surface area contributed by atoms with Gasteiger partial charge in [0.1, 0.15) is 13.2 Å². The van der Waals surface area contributed by atoms with Gasteiger partial charge >= 0.3 is 0 Å². The number of hydrogen-bond acceptors (Lipinski definition) is 4. The van der Waals surface area contributed by atoms with Crippen LogP contribution in [0, 0.1) is 0 Å². The number of aliphatic hydroxyl groups excluding tert-OH is 1. The van der Waals surface area contributed by atoms with Gasteiger partial charge in [0.25, 0.3) is 0 Å². The van der Waals surface area contributed by atoms with Crippen molar-refractivity contribution in [2.24, 2.45) is 0 Å². The summed E-state index contributed by atoms with van der Waals surface area (Å²) in [5.41, 5.74) is 2.09. The average molecular weight is 334 g/mol. The van der Waals surface area contributed by atoms with Crippen molar-refractivity contribution < 1.29 is 14.6 Å². The van der Waals surface area contributed by atoms with Crippen LogP contribution >= 0.6 is 11.6 Å². The summed E-state index contributed by atoms with van der Waals surface area (Å²) < 4.78 is 11.2. The number of benzene rings is 2. The van der Waals surface area contributed by atoms with Gasteiger partial charge in [-0.25, -0.2) is 0 Å². The first-order valence-electron chi connectivity index (χ1n) is 7.69. The quantitative estimate of drug-likeness (QED) is 0.879. The summed E-state index contributed by atoms with van der Waals surface area (Å²) in [6.07, 6.45) is 0. The lowest BCUT2D eigenvalue weighted by Crippen LogP contribution is -2.27. The molecule has 3 rings (SSSR count). The lowest BCUT2D eigenvalue weighted by atomic mass is 10.0. The monoisotopic (exact) mass is 333 g/mol. The van der Waals surface area contributed by atoms with Gasteiger partial charge in [0.05, 0.1) is 12.6 Å². The minimum atomic E-state index is -0.157. The molecule has 2 N–H and O–H groups in total. The summed E-state index contributed by atoms with van der Waals surface area (Å²) in [5, 5.41) is 13.8. The number of ether oxygens (including phenoxy) is 2. The Balaban J connectivity index is 1.74. The summed E-state index contributed by atoms with van der Waals surface area (Å²) in [6, 6.07) is 13.3. The van der Waals surface area contributed by atoms with E-state index in [1.54, 1.807) is 0 Å². The van der Waals surface area contributed by atoms with Gasteiger partial charge in [0, 0.05) is 11.1 Å². The van der Waals surface area contributed by atoms with Crippen LogP contribution in [0.2, 0.25) is 5.02 Å². The maximum Gasteiger partial charge on any atom is 0.161 e. The molecule has 2 atom stereocenters. The van der Waals surface area contributed by atoms with E-state index in [4.69, 9.17) is 21.1 Å². The van der Waals surface area contributed by atoms with Gasteiger partial charge in [-0.15, -0.1) is 0 Å². The molecule has 2 aromatic carbocycles. The highest BCUT2D eigenvalue weighted by Gasteiger charge is 2.18. The van der Waals surface area contributed by atoms with E-state index in [0.29, 0.717) is 18.2 Å². The van der Waals surface area contributed by atoms with Gasteiger partial charge in [0.15, 0.2) is 11.5 Å². The van der Waals surface area contributed by atoms with E-state index in [0.717, 1.165) is 22.6 Å². The van der Waals surface area contributed by atoms with Gasteiger partial charge in [-0.3, -0.25) is 0 Å². The van der Waals surface area contributed by atoms with Gasteiger partial charge in [-0.05, 0) is 42.3 Å². The largest absolute Gasteiger partial charge is 0.486 e. The van der Waals surface area contributed by atoms with E-state index < -0.39 is 0 Å². The van der Waals surface area contributed by atoms with Crippen LogP contribution in [-0.2, 0) is 0 Å². The molecule has 0 spiro atoms. The molecule has 0 aliphatic carbocycles. The van der Waals surface area contributed by atoms with E-state index in [2.05, 4.69) is 12.2 Å². The van der Waals surface area contributed by atoms with Crippen LogP contribution in [0.4, 0.5) is 0 Å². The zero-order valence-corrected chi connectivity index (χ0v) is 13.7. The standard InChI is InChI=1S/C18H20ClNO3/c1-12(14-4-7-17-18(10-14)23-9-8-22-17)20-16(11-21)13-2-5-15(19)6-3-13/h2-7,10,12,16,20-21H,8-9,11H2,1H3. The van der Waals surface area contributed by atoms with Crippen molar-refractivity contribution in [1.82, 2.24) is 5.32 Å². The molecule has 122 valence electrons. The lowest BCUT2D eigenvalue weighted by Gasteiger charge is -2.24. The third-order valence-electron chi connectivity index (χ3n) is 3.97. The topological polar surface area (TPSA) is 50.7 Å². The first-order valence-corrected chi connectivity index (χ1v) is 8.07. The number of halogens is 1. The predicted octanol–water partition coefficient (Wildman–Crippen LogP) is 3.50. The molecule has 0 bridgehead atoms. The smallest absolute Gasteiger partial charge is 0.161 e. The first-order chi connectivity index (χ1) is 11.2. The fourth-order valence-corrected chi connectivity index (χ4v) is 2.80. The zero-order chi connectivity index (χ0) is 16.2. The zero-order valence-electron chi connectivity index (χ0n) is 13.0. The van der Waals surface area contributed by atoms with Crippen LogP contribution in [0.15, 0.2) is 42.5 Å². The molecule has 4 nitrogen and oxygen atoms in total. The molecule has 0 fully saturated rings. The van der Waals surface area contributed by atoms with Crippen molar-refractivity contribution >= 4 is 11.6 Å². The molecule has 1 aliphatic rings. The average Bonchev–Trinajstić information content (AvgIpc) is 2.60. The van der Waals surface area contributed by atoms with E-state index in [9.17, 15) is 5.11 Å². The van der Waals surface area contributed by atoms with Gasteiger partial charge in [0.2, 0.25) is 0 Å². The number of fused-ring (bicyclic) bond motifs is 1. The Labute approximate surface area is 141 Å². The molecule has 0 radical (unpaired) electrons. The van der Waals surface area contributed by atoms with Crippen molar-refractivity contribution in [3.63, 3.8) is 0 Å². The number of hydrogen-bond donors (Lipinski definition) is 2. The second-order valence-electron chi connectivity index (χ2n) is 5.58. The molecule has 1 heterocycles. The first kappa shape index (κ1) is 16.1. The minimum absolute atomic E-state index is 0.0104. The second-order valence-corrected chi connectivity index (χ2v) is 6.01. The Hall–Kier alpha value is -1.75. The Morgan fingerprint density at radius 1 is 1.04 bits per heavy atom. The van der Waals surface area contributed by atoms with Crippen molar-refractivity contribution in [1.29, 1.82) is 0 Å². The molecule has 0 saturated heterocycles. The number of aliphatic hydroxyl groups is 1. The third kappa shape index (κ3) is 3.78. The maximum absolute atomic E-state index is 9.70. The van der Waals surface area contributed by atoms with Crippen LogP contribution in [0.3, 0.4) is 0 Å². The minimum Gasteiger partial charge on any atom is -0.486 e. The molecule has 1 aliphatic heterocycles. The van der Waals surface area contributed by atoms with E-state index >= 15 is 0 Å². The van der Waals surface area contributed by atoms with Crippen molar-refractivity contribution in [3.8, 4) is 11.5 Å². The Morgan fingerprint density at radius 2 is 1.70 bits per heavy atom. The number of nitrogens with one attached hydrogen (secondary N) is 1. The molecular weight excluding hydrogens is 314 g/mol. The summed E-state index contributed by atoms with van der Waals surface area (Å²) in [6.45, 7) is 3.23.